The van der Waals surface area contributed by atoms with Gasteiger partial charge in [-0.05, 0) is 49.1 Å². The molecule has 1 aliphatic carbocycles. The van der Waals surface area contributed by atoms with Gasteiger partial charge in [0.25, 0.3) is 0 Å². The number of esters is 1. The maximum absolute atomic E-state index is 13.3. The zero-order valence-corrected chi connectivity index (χ0v) is 15.6. The van der Waals surface area contributed by atoms with Crippen molar-refractivity contribution in [2.24, 2.45) is 0 Å². The van der Waals surface area contributed by atoms with E-state index in [9.17, 15) is 14.0 Å². The van der Waals surface area contributed by atoms with Crippen LogP contribution in [0.4, 0.5) is 4.39 Å². The number of ketones is 1. The van der Waals surface area contributed by atoms with E-state index in [2.05, 4.69) is 5.32 Å². The Morgan fingerprint density at radius 1 is 1.21 bits per heavy atom. The number of benzene rings is 1. The number of nitrogens with one attached hydrogen (secondary N) is 1. The Hall–Kier alpha value is -3.15. The molecule has 5 nitrogen and oxygen atoms in total. The normalized spacial score (nSPS) is 22.0. The lowest BCUT2D eigenvalue weighted by Crippen LogP contribution is -2.35. The molecule has 2 atom stereocenters. The van der Waals surface area contributed by atoms with Crippen molar-refractivity contribution in [3.63, 3.8) is 0 Å². The maximum Gasteiger partial charge on any atom is 0.336 e. The van der Waals surface area contributed by atoms with Gasteiger partial charge in [0.2, 0.25) is 0 Å². The summed E-state index contributed by atoms with van der Waals surface area (Å²) in [5.74, 6) is -0.975. The molecule has 1 aromatic heterocycles. The van der Waals surface area contributed by atoms with Crippen LogP contribution < -0.4 is 5.32 Å². The third kappa shape index (κ3) is 3.05. The number of methoxy groups -OCH3 is 1. The number of ether oxygens (including phenoxy) is 1. The van der Waals surface area contributed by atoms with Gasteiger partial charge in [-0.15, -0.1) is 0 Å². The van der Waals surface area contributed by atoms with Crippen LogP contribution in [0, 0.1) is 5.82 Å². The van der Waals surface area contributed by atoms with Crippen LogP contribution in [0.3, 0.4) is 0 Å². The molecular weight excluding hydrogens is 361 g/mol. The molecule has 0 bridgehead atoms. The lowest BCUT2D eigenvalue weighted by atomic mass is 9.73. The molecule has 28 heavy (non-hydrogen) atoms. The van der Waals surface area contributed by atoms with Crippen LogP contribution in [0.15, 0.2) is 69.6 Å². The molecule has 0 saturated heterocycles. The molecule has 1 N–H and O–H groups in total. The van der Waals surface area contributed by atoms with Crippen molar-refractivity contribution in [1.82, 2.24) is 5.32 Å². The number of carbonyl (C=O) groups excluding carboxylic acids is 2. The molecule has 0 spiro atoms. The zero-order chi connectivity index (χ0) is 19.8. The minimum absolute atomic E-state index is 0.0518. The first-order valence-corrected chi connectivity index (χ1v) is 9.10. The largest absolute Gasteiger partial charge is 0.468 e. The first-order chi connectivity index (χ1) is 13.5. The molecule has 1 aromatic carbocycles. The average molecular weight is 381 g/mol. The summed E-state index contributed by atoms with van der Waals surface area (Å²) in [6.07, 6.45) is 2.41. The highest BCUT2D eigenvalue weighted by atomic mass is 19.1. The number of hydrogen-bond donors (Lipinski definition) is 1. The summed E-state index contributed by atoms with van der Waals surface area (Å²) in [7, 11) is 1.32. The Morgan fingerprint density at radius 3 is 2.61 bits per heavy atom. The van der Waals surface area contributed by atoms with Crippen LogP contribution in [0.25, 0.3) is 0 Å². The molecule has 4 rings (SSSR count). The van der Waals surface area contributed by atoms with Crippen LogP contribution in [-0.2, 0) is 14.3 Å². The summed E-state index contributed by atoms with van der Waals surface area (Å²) in [5.41, 5.74) is 3.25. The van der Waals surface area contributed by atoms with Gasteiger partial charge in [0.1, 0.15) is 11.6 Å². The lowest BCUT2D eigenvalue weighted by molar-refractivity contribution is -0.136. The number of dihydropyridines is 1. The van der Waals surface area contributed by atoms with Crippen LogP contribution in [0.2, 0.25) is 0 Å². The fraction of sp³-hybridized carbons (Fsp3) is 0.273. The standard InChI is InChI=1S/C22H20FNO4/c1-12-19(22(26)27-2)21(18-4-3-9-28-18)20-16(24-12)10-14(11-17(20)25)13-5-7-15(23)8-6-13/h3-9,14,21,24H,10-11H2,1-2H3/t14-,21-/m0/s1. The van der Waals surface area contributed by atoms with E-state index in [1.807, 2.05) is 0 Å². The monoisotopic (exact) mass is 381 g/mol. The SMILES string of the molecule is COC(=O)C1=C(C)NC2=C(C(=O)C[C@@H](c3ccc(F)cc3)C2)[C@H]1c1ccco1. The van der Waals surface area contributed by atoms with Crippen molar-refractivity contribution in [3.05, 3.63) is 82.3 Å². The van der Waals surface area contributed by atoms with Crippen molar-refractivity contribution in [3.8, 4) is 0 Å². The second-order valence-electron chi connectivity index (χ2n) is 7.08. The number of hydrogen-bond acceptors (Lipinski definition) is 5. The van der Waals surface area contributed by atoms with Gasteiger partial charge >= 0.3 is 5.97 Å². The summed E-state index contributed by atoms with van der Waals surface area (Å²) < 4.78 is 23.8. The Kier molecular flexibility index (Phi) is 4.63. The molecule has 0 fully saturated rings. The predicted octanol–water partition coefficient (Wildman–Crippen LogP) is 3.95. The molecule has 0 saturated carbocycles. The fourth-order valence-electron chi connectivity index (χ4n) is 4.13. The highest BCUT2D eigenvalue weighted by molar-refractivity contribution is 6.04. The number of Topliss-reactive ketones (excluding diaryl/α,β-unsaturated/α-hetero) is 1. The third-order valence-electron chi connectivity index (χ3n) is 5.40. The minimum Gasteiger partial charge on any atom is -0.468 e. The highest BCUT2D eigenvalue weighted by Gasteiger charge is 2.42. The van der Waals surface area contributed by atoms with E-state index in [4.69, 9.17) is 9.15 Å². The highest BCUT2D eigenvalue weighted by Crippen LogP contribution is 2.45. The topological polar surface area (TPSA) is 68.5 Å². The van der Waals surface area contributed by atoms with Gasteiger partial charge < -0.3 is 14.5 Å². The van der Waals surface area contributed by atoms with Gasteiger partial charge in [0.15, 0.2) is 5.78 Å². The van der Waals surface area contributed by atoms with Gasteiger partial charge in [-0.3, -0.25) is 4.79 Å². The van der Waals surface area contributed by atoms with Crippen LogP contribution >= 0.6 is 0 Å². The molecule has 0 amide bonds. The Balaban J connectivity index is 1.77. The van der Waals surface area contributed by atoms with Crippen LogP contribution in [-0.4, -0.2) is 18.9 Å². The Morgan fingerprint density at radius 2 is 1.96 bits per heavy atom. The minimum atomic E-state index is -0.597. The van der Waals surface area contributed by atoms with Crippen molar-refractivity contribution < 1.29 is 23.1 Å². The summed E-state index contributed by atoms with van der Waals surface area (Å²) in [6, 6.07) is 9.74. The average Bonchev–Trinajstić information content (AvgIpc) is 3.21. The van der Waals surface area contributed by atoms with E-state index < -0.39 is 11.9 Å². The first kappa shape index (κ1) is 18.2. The van der Waals surface area contributed by atoms with E-state index in [1.165, 1.54) is 25.5 Å². The van der Waals surface area contributed by atoms with E-state index in [-0.39, 0.29) is 23.9 Å². The Labute approximate surface area is 161 Å². The van der Waals surface area contributed by atoms with E-state index >= 15 is 0 Å². The number of furan rings is 1. The van der Waals surface area contributed by atoms with Crippen LogP contribution in [0.5, 0.6) is 0 Å². The molecule has 2 aliphatic rings. The van der Waals surface area contributed by atoms with E-state index in [1.54, 1.807) is 31.2 Å². The third-order valence-corrected chi connectivity index (χ3v) is 5.40. The van der Waals surface area contributed by atoms with E-state index in [0.717, 1.165) is 11.3 Å². The molecule has 144 valence electrons. The van der Waals surface area contributed by atoms with Gasteiger partial charge in [0.05, 0.1) is 24.9 Å². The smallest absolute Gasteiger partial charge is 0.336 e. The zero-order valence-electron chi connectivity index (χ0n) is 15.6. The number of rotatable bonds is 3. The van der Waals surface area contributed by atoms with Crippen molar-refractivity contribution in [2.75, 3.05) is 7.11 Å². The predicted molar refractivity (Wildman–Crippen MR) is 99.7 cm³/mol. The van der Waals surface area contributed by atoms with Gasteiger partial charge in [-0.1, -0.05) is 12.1 Å². The second-order valence-corrected chi connectivity index (χ2v) is 7.08. The first-order valence-electron chi connectivity index (χ1n) is 9.10. The van der Waals surface area contributed by atoms with Gasteiger partial charge in [-0.25, -0.2) is 9.18 Å². The molecule has 0 unspecified atom stereocenters. The van der Waals surface area contributed by atoms with Gasteiger partial charge in [-0.2, -0.15) is 0 Å². The summed E-state index contributed by atoms with van der Waals surface area (Å²) in [4.78, 5) is 25.6. The van der Waals surface area contributed by atoms with Crippen molar-refractivity contribution in [2.45, 2.75) is 31.6 Å². The molecular formula is C22H20FNO4. The number of halogens is 1. The molecule has 0 radical (unpaired) electrons. The molecule has 6 heteroatoms. The molecule has 2 aromatic rings. The van der Waals surface area contributed by atoms with Gasteiger partial charge in [0, 0.05) is 23.4 Å². The summed E-state index contributed by atoms with van der Waals surface area (Å²) >= 11 is 0. The molecule has 2 heterocycles. The maximum atomic E-state index is 13.3. The number of carbonyl (C=O) groups is 2. The second kappa shape index (κ2) is 7.11. The summed E-state index contributed by atoms with van der Waals surface area (Å²) in [6.45, 7) is 1.79. The van der Waals surface area contributed by atoms with E-state index in [0.29, 0.717) is 29.0 Å². The quantitative estimate of drug-likeness (QED) is 0.816. The van der Waals surface area contributed by atoms with Crippen molar-refractivity contribution >= 4 is 11.8 Å². The van der Waals surface area contributed by atoms with Crippen LogP contribution in [0.1, 0.15) is 42.9 Å². The van der Waals surface area contributed by atoms with Crippen molar-refractivity contribution in [1.29, 1.82) is 0 Å². The Bertz CT molecular complexity index is 986. The lowest BCUT2D eigenvalue weighted by Gasteiger charge is -2.35. The summed E-state index contributed by atoms with van der Waals surface area (Å²) in [5, 5.41) is 3.24. The number of allylic oxidation sites excluding steroid dienone is 3. The molecule has 1 aliphatic heterocycles. The fourth-order valence-corrected chi connectivity index (χ4v) is 4.13.